The molecule has 2 nitrogen and oxygen atoms in total. The molecule has 70 valence electrons. The second kappa shape index (κ2) is 3.60. The largest absolute Gasteiger partial charge is 0.431 e. The molecule has 0 amide bonds. The Bertz CT molecular complexity index is 199. The summed E-state index contributed by atoms with van der Waals surface area (Å²) in [5, 5.41) is 0. The zero-order chi connectivity index (χ0) is 9.94. The van der Waals surface area contributed by atoms with Crippen LogP contribution in [0.2, 0.25) is 0 Å². The minimum atomic E-state index is -4.07. The highest BCUT2D eigenvalue weighted by Crippen LogP contribution is 2.23. The highest BCUT2D eigenvalue weighted by Gasteiger charge is 2.41. The maximum atomic E-state index is 12.3. The Balaban J connectivity index is 4.25. The molecule has 1 atom stereocenters. The van der Waals surface area contributed by atoms with Crippen LogP contribution >= 0.6 is 0 Å². The predicted octanol–water partition coefficient (Wildman–Crippen LogP) is 2.06. The van der Waals surface area contributed by atoms with Crippen molar-refractivity contribution in [3.63, 3.8) is 0 Å². The van der Waals surface area contributed by atoms with E-state index in [4.69, 9.17) is 0 Å². The van der Waals surface area contributed by atoms with Crippen LogP contribution in [0.1, 0.15) is 13.8 Å². The average molecular weight is 182 g/mol. The number of halogens is 3. The first-order chi connectivity index (χ1) is 5.27. The van der Waals surface area contributed by atoms with Crippen molar-refractivity contribution >= 4 is 5.97 Å². The van der Waals surface area contributed by atoms with E-state index in [-0.39, 0.29) is 5.57 Å². The van der Waals surface area contributed by atoms with Gasteiger partial charge in [0.1, 0.15) is 0 Å². The van der Waals surface area contributed by atoms with Crippen LogP contribution in [0.3, 0.4) is 0 Å². The highest BCUT2D eigenvalue weighted by molar-refractivity contribution is 5.87. The minimum Gasteiger partial charge on any atom is -0.395 e. The number of alkyl halides is 3. The van der Waals surface area contributed by atoms with Crippen molar-refractivity contribution in [1.82, 2.24) is 0 Å². The van der Waals surface area contributed by atoms with Crippen molar-refractivity contribution in [2.45, 2.75) is 26.1 Å². The van der Waals surface area contributed by atoms with Gasteiger partial charge in [-0.3, -0.25) is 0 Å². The summed E-state index contributed by atoms with van der Waals surface area (Å²) in [5.74, 6) is -1.30. The van der Waals surface area contributed by atoms with Crippen LogP contribution in [0.4, 0.5) is 13.2 Å². The van der Waals surface area contributed by atoms with Crippen molar-refractivity contribution in [3.05, 3.63) is 12.2 Å². The van der Waals surface area contributed by atoms with Crippen LogP contribution < -0.4 is 0 Å². The Labute approximate surface area is 68.0 Å². The van der Waals surface area contributed by atoms with Gasteiger partial charge in [-0.05, 0) is 13.8 Å². The molecule has 0 bridgehead atoms. The van der Waals surface area contributed by atoms with Gasteiger partial charge in [-0.2, -0.15) is 8.78 Å². The predicted molar refractivity (Wildman–Crippen MR) is 36.4 cm³/mol. The summed E-state index contributed by atoms with van der Waals surface area (Å²) < 4.78 is 40.2. The normalized spacial score (nSPS) is 13.8. The SMILES string of the molecule is C=C(C)C(=O)OC(F)(F)C(C)F. The molecule has 0 spiro atoms. The van der Waals surface area contributed by atoms with E-state index in [2.05, 4.69) is 11.3 Å². The summed E-state index contributed by atoms with van der Waals surface area (Å²) in [6, 6.07) is 0. The Kier molecular flexibility index (Phi) is 3.30. The molecule has 5 heteroatoms. The molecule has 0 rings (SSSR count). The summed E-state index contributed by atoms with van der Waals surface area (Å²) in [5.41, 5.74) is -0.199. The summed E-state index contributed by atoms with van der Waals surface area (Å²) in [6.07, 6.45) is -6.60. The van der Waals surface area contributed by atoms with Gasteiger partial charge in [0.05, 0.1) is 0 Å². The molecule has 0 N–H and O–H groups in total. The van der Waals surface area contributed by atoms with Crippen LogP contribution in [-0.2, 0) is 9.53 Å². The van der Waals surface area contributed by atoms with Gasteiger partial charge in [0.15, 0.2) is 0 Å². The van der Waals surface area contributed by atoms with E-state index in [0.29, 0.717) is 6.92 Å². The lowest BCUT2D eigenvalue weighted by atomic mass is 10.3. The fourth-order valence-electron chi connectivity index (χ4n) is 0.292. The average Bonchev–Trinajstić information content (AvgIpc) is 1.85. The van der Waals surface area contributed by atoms with Gasteiger partial charge in [-0.25, -0.2) is 9.18 Å². The zero-order valence-electron chi connectivity index (χ0n) is 6.73. The van der Waals surface area contributed by atoms with E-state index < -0.39 is 18.2 Å². The summed E-state index contributed by atoms with van der Waals surface area (Å²) in [6.45, 7) is 4.87. The van der Waals surface area contributed by atoms with E-state index in [1.54, 1.807) is 0 Å². The molecular formula is C7H9F3O2. The molecule has 0 aliphatic heterocycles. The topological polar surface area (TPSA) is 26.3 Å². The molecule has 0 heterocycles. The number of rotatable bonds is 3. The van der Waals surface area contributed by atoms with Crippen molar-refractivity contribution in [2.24, 2.45) is 0 Å². The van der Waals surface area contributed by atoms with Gasteiger partial charge < -0.3 is 4.74 Å². The minimum absolute atomic E-state index is 0.199. The first-order valence-electron chi connectivity index (χ1n) is 3.18. The summed E-state index contributed by atoms with van der Waals surface area (Å²) in [4.78, 5) is 10.5. The second-order valence-electron chi connectivity index (χ2n) is 2.35. The van der Waals surface area contributed by atoms with Crippen molar-refractivity contribution in [3.8, 4) is 0 Å². The van der Waals surface area contributed by atoms with Gasteiger partial charge >= 0.3 is 12.1 Å². The number of carbonyl (C=O) groups excluding carboxylic acids is 1. The molecule has 0 aliphatic carbocycles. The van der Waals surface area contributed by atoms with Crippen molar-refractivity contribution in [1.29, 1.82) is 0 Å². The molecule has 0 aliphatic rings. The molecule has 0 saturated heterocycles. The third kappa shape index (κ3) is 2.94. The molecule has 12 heavy (non-hydrogen) atoms. The van der Waals surface area contributed by atoms with Gasteiger partial charge in [-0.1, -0.05) is 6.58 Å². The lowest BCUT2D eigenvalue weighted by Gasteiger charge is -2.17. The summed E-state index contributed by atoms with van der Waals surface area (Å²) in [7, 11) is 0. The highest BCUT2D eigenvalue weighted by atomic mass is 19.3. The first-order valence-corrected chi connectivity index (χ1v) is 3.18. The van der Waals surface area contributed by atoms with E-state index >= 15 is 0 Å². The van der Waals surface area contributed by atoms with Crippen LogP contribution in [-0.4, -0.2) is 18.2 Å². The van der Waals surface area contributed by atoms with Gasteiger partial charge in [0, 0.05) is 5.57 Å². The molecule has 0 radical (unpaired) electrons. The Hall–Kier alpha value is -1.00. The van der Waals surface area contributed by atoms with E-state index in [9.17, 15) is 18.0 Å². The fraction of sp³-hybridized carbons (Fsp3) is 0.571. The van der Waals surface area contributed by atoms with Crippen LogP contribution in [0.15, 0.2) is 12.2 Å². The van der Waals surface area contributed by atoms with E-state index in [1.807, 2.05) is 0 Å². The van der Waals surface area contributed by atoms with Gasteiger partial charge in [-0.15, -0.1) is 0 Å². The molecule has 0 fully saturated rings. The third-order valence-corrected chi connectivity index (χ3v) is 1.04. The smallest absolute Gasteiger partial charge is 0.395 e. The third-order valence-electron chi connectivity index (χ3n) is 1.04. The van der Waals surface area contributed by atoms with Crippen molar-refractivity contribution < 1.29 is 22.7 Å². The molecule has 0 aromatic carbocycles. The lowest BCUT2D eigenvalue weighted by Crippen LogP contribution is -2.33. The van der Waals surface area contributed by atoms with Crippen LogP contribution in [0.25, 0.3) is 0 Å². The maximum absolute atomic E-state index is 12.3. The number of esters is 1. The lowest BCUT2D eigenvalue weighted by molar-refractivity contribution is -0.254. The monoisotopic (exact) mass is 182 g/mol. The Morgan fingerprint density at radius 3 is 2.25 bits per heavy atom. The zero-order valence-corrected chi connectivity index (χ0v) is 6.73. The van der Waals surface area contributed by atoms with Gasteiger partial charge in [0.2, 0.25) is 6.17 Å². The standard InChI is InChI=1S/C7H9F3O2/c1-4(2)6(11)12-7(9,10)5(3)8/h5H,1H2,2-3H3. The van der Waals surface area contributed by atoms with Gasteiger partial charge in [0.25, 0.3) is 0 Å². The molecule has 1 unspecified atom stereocenters. The maximum Gasteiger partial charge on any atom is 0.431 e. The first kappa shape index (κ1) is 11.0. The second-order valence-corrected chi connectivity index (χ2v) is 2.35. The van der Waals surface area contributed by atoms with Crippen molar-refractivity contribution in [2.75, 3.05) is 0 Å². The van der Waals surface area contributed by atoms with Crippen LogP contribution in [0, 0.1) is 0 Å². The fourth-order valence-corrected chi connectivity index (χ4v) is 0.292. The number of hydrogen-bond acceptors (Lipinski definition) is 2. The van der Waals surface area contributed by atoms with E-state index in [1.165, 1.54) is 6.92 Å². The van der Waals surface area contributed by atoms with E-state index in [0.717, 1.165) is 0 Å². The molecule has 0 saturated carbocycles. The molecule has 0 aromatic rings. The molecule has 0 aromatic heterocycles. The molecular weight excluding hydrogens is 173 g/mol. The summed E-state index contributed by atoms with van der Waals surface area (Å²) >= 11 is 0. The van der Waals surface area contributed by atoms with Crippen LogP contribution in [0.5, 0.6) is 0 Å². The number of hydrogen-bond donors (Lipinski definition) is 0. The Morgan fingerprint density at radius 2 is 2.00 bits per heavy atom. The quantitative estimate of drug-likeness (QED) is 0.493. The Morgan fingerprint density at radius 1 is 1.58 bits per heavy atom. The number of carbonyl (C=O) groups is 1. The number of ether oxygens (including phenoxy) is 1.